The molecular weight excluding hydrogens is 240 g/mol. The molecule has 19 heavy (non-hydrogen) atoms. The summed E-state index contributed by atoms with van der Waals surface area (Å²) in [7, 11) is 0. The lowest BCUT2D eigenvalue weighted by molar-refractivity contribution is -0.142. The minimum absolute atomic E-state index is 0.201. The number of ether oxygens (including phenoxy) is 1. The Morgan fingerprint density at radius 1 is 1.37 bits per heavy atom. The van der Waals surface area contributed by atoms with Crippen LogP contribution in [0.1, 0.15) is 25.3 Å². The highest BCUT2D eigenvalue weighted by atomic mass is 16.5. The van der Waals surface area contributed by atoms with Crippen molar-refractivity contribution in [2.45, 2.75) is 32.2 Å². The molecule has 1 aromatic carbocycles. The van der Waals surface area contributed by atoms with Crippen LogP contribution < -0.4 is 11.1 Å². The second-order valence-corrected chi connectivity index (χ2v) is 4.50. The van der Waals surface area contributed by atoms with Gasteiger partial charge in [0.1, 0.15) is 0 Å². The lowest BCUT2D eigenvalue weighted by atomic mass is 10.0. The average molecular weight is 264 g/mol. The van der Waals surface area contributed by atoms with Gasteiger partial charge in [-0.2, -0.15) is 0 Å². The molecule has 0 bridgehead atoms. The molecule has 0 heterocycles. The van der Waals surface area contributed by atoms with Gasteiger partial charge in [-0.15, -0.1) is 0 Å². The van der Waals surface area contributed by atoms with Gasteiger partial charge >= 0.3 is 5.97 Å². The van der Waals surface area contributed by atoms with Gasteiger partial charge in [0.05, 0.1) is 13.2 Å². The third-order valence-electron chi connectivity index (χ3n) is 2.92. The fourth-order valence-electron chi connectivity index (χ4n) is 1.98. The first-order valence-electron chi connectivity index (χ1n) is 6.89. The van der Waals surface area contributed by atoms with Crippen molar-refractivity contribution < 1.29 is 9.53 Å². The van der Waals surface area contributed by atoms with E-state index in [2.05, 4.69) is 17.4 Å². The van der Waals surface area contributed by atoms with E-state index in [1.54, 1.807) is 0 Å². The summed E-state index contributed by atoms with van der Waals surface area (Å²) >= 11 is 0. The van der Waals surface area contributed by atoms with Gasteiger partial charge in [-0.25, -0.2) is 0 Å². The van der Waals surface area contributed by atoms with Crippen LogP contribution in [0.5, 0.6) is 0 Å². The molecule has 0 radical (unpaired) electrons. The third-order valence-corrected chi connectivity index (χ3v) is 2.92. The van der Waals surface area contributed by atoms with Crippen LogP contribution in [0.3, 0.4) is 0 Å². The zero-order valence-corrected chi connectivity index (χ0v) is 11.6. The van der Waals surface area contributed by atoms with Crippen LogP contribution in [-0.4, -0.2) is 31.7 Å². The molecule has 1 rings (SSSR count). The van der Waals surface area contributed by atoms with E-state index in [1.165, 1.54) is 5.56 Å². The number of hydrogen-bond donors (Lipinski definition) is 2. The molecule has 4 heteroatoms. The molecule has 0 spiro atoms. The molecule has 0 saturated heterocycles. The quantitative estimate of drug-likeness (QED) is 0.663. The zero-order valence-electron chi connectivity index (χ0n) is 11.6. The number of nitrogens with two attached hydrogens (primary N) is 1. The van der Waals surface area contributed by atoms with Crippen molar-refractivity contribution in [3.63, 3.8) is 0 Å². The molecule has 0 aliphatic carbocycles. The summed E-state index contributed by atoms with van der Waals surface area (Å²) < 4.78 is 4.92. The summed E-state index contributed by atoms with van der Waals surface area (Å²) in [5, 5.41) is 3.26. The monoisotopic (exact) mass is 264 g/mol. The van der Waals surface area contributed by atoms with Crippen LogP contribution in [0.25, 0.3) is 0 Å². The van der Waals surface area contributed by atoms with Crippen molar-refractivity contribution in [1.29, 1.82) is 0 Å². The first-order valence-corrected chi connectivity index (χ1v) is 6.89. The highest BCUT2D eigenvalue weighted by Crippen LogP contribution is 2.07. The van der Waals surface area contributed by atoms with E-state index >= 15 is 0 Å². The number of benzene rings is 1. The van der Waals surface area contributed by atoms with E-state index < -0.39 is 0 Å². The van der Waals surface area contributed by atoms with E-state index in [0.29, 0.717) is 13.2 Å². The second-order valence-electron chi connectivity index (χ2n) is 4.50. The highest BCUT2D eigenvalue weighted by Gasteiger charge is 2.11. The normalized spacial score (nSPS) is 12.1. The van der Waals surface area contributed by atoms with Crippen molar-refractivity contribution in [2.75, 3.05) is 19.7 Å². The molecule has 4 nitrogen and oxygen atoms in total. The summed E-state index contributed by atoms with van der Waals surface area (Å²) in [5.74, 6) is -0.201. The molecule has 0 aliphatic rings. The summed E-state index contributed by atoms with van der Waals surface area (Å²) in [4.78, 5) is 11.4. The van der Waals surface area contributed by atoms with Crippen molar-refractivity contribution in [1.82, 2.24) is 5.32 Å². The Morgan fingerprint density at radius 3 is 2.74 bits per heavy atom. The maximum Gasteiger partial charge on any atom is 0.319 e. The largest absolute Gasteiger partial charge is 0.465 e. The van der Waals surface area contributed by atoms with Gasteiger partial charge in [0.2, 0.25) is 0 Å². The van der Waals surface area contributed by atoms with Gasteiger partial charge < -0.3 is 15.8 Å². The Balaban J connectivity index is 2.44. The van der Waals surface area contributed by atoms with Gasteiger partial charge in [0, 0.05) is 6.04 Å². The molecule has 1 aromatic rings. The van der Waals surface area contributed by atoms with Crippen LogP contribution >= 0.6 is 0 Å². The number of hydrogen-bond acceptors (Lipinski definition) is 4. The standard InChI is InChI=1S/C15H24N2O2/c1-2-19-15(18)12-17-14(9-6-10-16)11-13-7-4-3-5-8-13/h3-5,7-8,14,17H,2,6,9-12,16H2,1H3/t14-/m0/s1. The Kier molecular flexibility index (Phi) is 7.86. The highest BCUT2D eigenvalue weighted by molar-refractivity contribution is 5.71. The predicted octanol–water partition coefficient (Wildman–Crippen LogP) is 1.49. The van der Waals surface area contributed by atoms with Crippen molar-refractivity contribution in [3.05, 3.63) is 35.9 Å². The van der Waals surface area contributed by atoms with Crippen molar-refractivity contribution in [3.8, 4) is 0 Å². The smallest absolute Gasteiger partial charge is 0.319 e. The fraction of sp³-hybridized carbons (Fsp3) is 0.533. The third kappa shape index (κ3) is 6.94. The van der Waals surface area contributed by atoms with Crippen LogP contribution in [0.2, 0.25) is 0 Å². The maximum absolute atomic E-state index is 11.4. The minimum atomic E-state index is -0.201. The molecule has 0 aliphatic heterocycles. The van der Waals surface area contributed by atoms with E-state index in [-0.39, 0.29) is 18.6 Å². The molecule has 1 atom stereocenters. The number of esters is 1. The first-order chi connectivity index (χ1) is 9.26. The average Bonchev–Trinajstić information content (AvgIpc) is 2.43. The molecule has 106 valence electrons. The molecule has 0 aromatic heterocycles. The van der Waals surface area contributed by atoms with E-state index in [9.17, 15) is 4.79 Å². The Bertz CT molecular complexity index is 354. The number of rotatable bonds is 9. The molecular formula is C15H24N2O2. The summed E-state index contributed by atoms with van der Waals surface area (Å²) in [6, 6.07) is 10.5. The lowest BCUT2D eigenvalue weighted by Gasteiger charge is -2.18. The van der Waals surface area contributed by atoms with Gasteiger partial charge in [-0.05, 0) is 38.3 Å². The lowest BCUT2D eigenvalue weighted by Crippen LogP contribution is -2.36. The predicted molar refractivity (Wildman–Crippen MR) is 76.9 cm³/mol. The van der Waals surface area contributed by atoms with Crippen molar-refractivity contribution in [2.24, 2.45) is 5.73 Å². The van der Waals surface area contributed by atoms with E-state index in [0.717, 1.165) is 19.3 Å². The number of carbonyl (C=O) groups excluding carboxylic acids is 1. The SMILES string of the molecule is CCOC(=O)CN[C@@H](CCCN)Cc1ccccc1. The van der Waals surface area contributed by atoms with E-state index in [4.69, 9.17) is 10.5 Å². The molecule has 0 unspecified atom stereocenters. The van der Waals surface area contributed by atoms with Crippen LogP contribution in [0.15, 0.2) is 30.3 Å². The Labute approximate surface area is 115 Å². The summed E-state index contributed by atoms with van der Waals surface area (Å²) in [5.41, 5.74) is 6.82. The summed E-state index contributed by atoms with van der Waals surface area (Å²) in [6.07, 6.45) is 2.82. The van der Waals surface area contributed by atoms with Crippen LogP contribution in [-0.2, 0) is 16.0 Å². The molecule has 0 fully saturated rings. The zero-order chi connectivity index (χ0) is 13.9. The molecule has 0 amide bonds. The van der Waals surface area contributed by atoms with Gasteiger partial charge in [0.25, 0.3) is 0 Å². The molecule has 3 N–H and O–H groups in total. The minimum Gasteiger partial charge on any atom is -0.465 e. The molecule has 0 saturated carbocycles. The first kappa shape index (κ1) is 15.7. The Morgan fingerprint density at radius 2 is 2.11 bits per heavy atom. The van der Waals surface area contributed by atoms with Crippen LogP contribution in [0, 0.1) is 0 Å². The van der Waals surface area contributed by atoms with Gasteiger partial charge in [0.15, 0.2) is 0 Å². The fourth-order valence-corrected chi connectivity index (χ4v) is 1.98. The number of carbonyl (C=O) groups is 1. The Hall–Kier alpha value is -1.39. The second kappa shape index (κ2) is 9.53. The van der Waals surface area contributed by atoms with Crippen molar-refractivity contribution >= 4 is 5.97 Å². The van der Waals surface area contributed by atoms with Gasteiger partial charge in [-0.3, -0.25) is 4.79 Å². The van der Waals surface area contributed by atoms with Gasteiger partial charge in [-0.1, -0.05) is 30.3 Å². The number of nitrogens with one attached hydrogen (secondary N) is 1. The van der Waals surface area contributed by atoms with E-state index in [1.807, 2.05) is 25.1 Å². The topological polar surface area (TPSA) is 64.3 Å². The summed E-state index contributed by atoms with van der Waals surface area (Å²) in [6.45, 7) is 3.17. The van der Waals surface area contributed by atoms with Crippen LogP contribution in [0.4, 0.5) is 0 Å². The maximum atomic E-state index is 11.4.